The molecule has 0 radical (unpaired) electrons. The van der Waals surface area contributed by atoms with Gasteiger partial charge in [-0.3, -0.25) is 4.79 Å². The third-order valence-electron chi connectivity index (χ3n) is 2.42. The molecule has 0 aliphatic heterocycles. The summed E-state index contributed by atoms with van der Waals surface area (Å²) >= 11 is 0. The van der Waals surface area contributed by atoms with Crippen LogP contribution in [0.4, 0.5) is 4.79 Å². The summed E-state index contributed by atoms with van der Waals surface area (Å²) in [7, 11) is 0. The topological polar surface area (TPSA) is 87.9 Å². The molecule has 0 aliphatic carbocycles. The molecule has 6 nitrogen and oxygen atoms in total. The van der Waals surface area contributed by atoms with Crippen LogP contribution in [0.2, 0.25) is 0 Å². The number of nitrogens with two attached hydrogens (primary N) is 1. The van der Waals surface area contributed by atoms with Crippen LogP contribution < -0.4 is 5.73 Å². The Morgan fingerprint density at radius 3 is 2.26 bits per heavy atom. The third kappa shape index (κ3) is 9.30. The molecule has 6 heteroatoms. The second-order valence-electron chi connectivity index (χ2n) is 4.79. The van der Waals surface area contributed by atoms with Crippen molar-refractivity contribution in [3.8, 4) is 0 Å². The molecule has 0 amide bonds. The summed E-state index contributed by atoms with van der Waals surface area (Å²) in [6, 6.07) is 0. The van der Waals surface area contributed by atoms with E-state index in [9.17, 15) is 9.59 Å². The van der Waals surface area contributed by atoms with Gasteiger partial charge in [0.05, 0.1) is 6.61 Å². The summed E-state index contributed by atoms with van der Waals surface area (Å²) < 4.78 is 14.3. The fourth-order valence-electron chi connectivity index (χ4n) is 1.71. The lowest BCUT2D eigenvalue weighted by atomic mass is 9.94. The van der Waals surface area contributed by atoms with E-state index in [2.05, 4.69) is 18.6 Å². The quantitative estimate of drug-likeness (QED) is 0.539. The van der Waals surface area contributed by atoms with Gasteiger partial charge in [-0.1, -0.05) is 13.8 Å². The van der Waals surface area contributed by atoms with Crippen LogP contribution in [0.3, 0.4) is 0 Å². The van der Waals surface area contributed by atoms with Crippen LogP contribution in [-0.2, 0) is 19.0 Å². The first-order valence-corrected chi connectivity index (χ1v) is 6.61. The van der Waals surface area contributed by atoms with Gasteiger partial charge in [-0.05, 0) is 31.7 Å². The Morgan fingerprint density at radius 1 is 1.16 bits per heavy atom. The van der Waals surface area contributed by atoms with Crippen molar-refractivity contribution in [1.82, 2.24) is 0 Å². The molecule has 0 saturated heterocycles. The highest BCUT2D eigenvalue weighted by molar-refractivity contribution is 5.70. The van der Waals surface area contributed by atoms with Crippen molar-refractivity contribution < 1.29 is 23.8 Å². The Balaban J connectivity index is 4.04. The smallest absolute Gasteiger partial charge is 0.435 e. The van der Waals surface area contributed by atoms with Gasteiger partial charge in [0.25, 0.3) is 0 Å². The standard InChI is InChI=1S/C13H25NO5/c1-5-17-13(16)19-10(4)18-12(15)7-11(8-14)6-9(2)3/h9-11H,5-8,14H2,1-4H3. The molecule has 2 N–H and O–H groups in total. The number of carbonyl (C=O) groups is 2. The zero-order valence-electron chi connectivity index (χ0n) is 12.2. The molecule has 2 unspecified atom stereocenters. The van der Waals surface area contributed by atoms with Gasteiger partial charge < -0.3 is 19.9 Å². The minimum absolute atomic E-state index is 0.0855. The number of esters is 1. The molecule has 0 heterocycles. The largest absolute Gasteiger partial charge is 0.511 e. The van der Waals surface area contributed by atoms with Crippen molar-refractivity contribution in [1.29, 1.82) is 0 Å². The molecule has 0 aromatic rings. The molecular weight excluding hydrogens is 250 g/mol. The number of hydrogen-bond donors (Lipinski definition) is 1. The molecule has 0 saturated carbocycles. The average Bonchev–Trinajstić information content (AvgIpc) is 2.26. The zero-order chi connectivity index (χ0) is 14.8. The van der Waals surface area contributed by atoms with E-state index in [1.165, 1.54) is 6.92 Å². The molecule has 112 valence electrons. The van der Waals surface area contributed by atoms with E-state index < -0.39 is 18.4 Å². The molecular formula is C13H25NO5. The minimum atomic E-state index is -0.955. The summed E-state index contributed by atoms with van der Waals surface area (Å²) in [6.45, 7) is 7.91. The maximum absolute atomic E-state index is 11.6. The number of ether oxygens (including phenoxy) is 3. The maximum atomic E-state index is 11.6. The van der Waals surface area contributed by atoms with Crippen molar-refractivity contribution in [2.75, 3.05) is 13.2 Å². The molecule has 0 bridgehead atoms. The lowest BCUT2D eigenvalue weighted by Gasteiger charge is -2.18. The van der Waals surface area contributed by atoms with Crippen LogP contribution in [0, 0.1) is 11.8 Å². The molecule has 0 aromatic carbocycles. The Hall–Kier alpha value is -1.30. The van der Waals surface area contributed by atoms with E-state index in [0.717, 1.165) is 6.42 Å². The predicted octanol–water partition coefficient (Wildman–Crippen LogP) is 2.06. The van der Waals surface area contributed by atoms with Gasteiger partial charge in [-0.25, -0.2) is 4.79 Å². The minimum Gasteiger partial charge on any atom is -0.435 e. The van der Waals surface area contributed by atoms with Crippen molar-refractivity contribution in [3.63, 3.8) is 0 Å². The second-order valence-corrected chi connectivity index (χ2v) is 4.79. The molecule has 2 atom stereocenters. The normalized spacial score (nSPS) is 13.8. The highest BCUT2D eigenvalue weighted by Gasteiger charge is 2.19. The van der Waals surface area contributed by atoms with Crippen LogP contribution in [0.1, 0.15) is 40.5 Å². The first-order chi connectivity index (χ1) is 8.88. The Labute approximate surface area is 114 Å². The van der Waals surface area contributed by atoms with Crippen LogP contribution in [0.25, 0.3) is 0 Å². The van der Waals surface area contributed by atoms with E-state index in [-0.39, 0.29) is 18.9 Å². The molecule has 19 heavy (non-hydrogen) atoms. The van der Waals surface area contributed by atoms with Gasteiger partial charge >= 0.3 is 12.1 Å². The molecule has 0 spiro atoms. The average molecular weight is 275 g/mol. The first kappa shape index (κ1) is 17.7. The molecule has 0 aliphatic rings. The molecule has 0 aromatic heterocycles. The van der Waals surface area contributed by atoms with Gasteiger partial charge in [0.1, 0.15) is 0 Å². The first-order valence-electron chi connectivity index (χ1n) is 6.61. The summed E-state index contributed by atoms with van der Waals surface area (Å²) in [5.41, 5.74) is 5.61. The lowest BCUT2D eigenvalue weighted by Crippen LogP contribution is -2.26. The Morgan fingerprint density at radius 2 is 1.79 bits per heavy atom. The highest BCUT2D eigenvalue weighted by atomic mass is 16.8. The van der Waals surface area contributed by atoms with E-state index in [1.54, 1.807) is 6.92 Å². The van der Waals surface area contributed by atoms with Gasteiger partial charge in [-0.2, -0.15) is 0 Å². The van der Waals surface area contributed by atoms with E-state index in [0.29, 0.717) is 12.5 Å². The van der Waals surface area contributed by atoms with Gasteiger partial charge in [0.2, 0.25) is 6.29 Å². The third-order valence-corrected chi connectivity index (χ3v) is 2.42. The summed E-state index contributed by atoms with van der Waals surface area (Å²) in [4.78, 5) is 22.6. The van der Waals surface area contributed by atoms with Crippen LogP contribution >= 0.6 is 0 Å². The molecule has 0 rings (SSSR count). The fraction of sp³-hybridized carbons (Fsp3) is 0.846. The van der Waals surface area contributed by atoms with E-state index >= 15 is 0 Å². The van der Waals surface area contributed by atoms with Crippen LogP contribution in [0.15, 0.2) is 0 Å². The van der Waals surface area contributed by atoms with Crippen LogP contribution in [-0.4, -0.2) is 31.6 Å². The van der Waals surface area contributed by atoms with E-state index in [1.807, 2.05) is 0 Å². The van der Waals surface area contributed by atoms with Gasteiger partial charge in [0, 0.05) is 13.3 Å². The Kier molecular flexibility index (Phi) is 8.95. The van der Waals surface area contributed by atoms with Crippen LogP contribution in [0.5, 0.6) is 0 Å². The maximum Gasteiger partial charge on any atom is 0.511 e. The predicted molar refractivity (Wildman–Crippen MR) is 70.3 cm³/mol. The number of hydrogen-bond acceptors (Lipinski definition) is 6. The lowest BCUT2D eigenvalue weighted by molar-refractivity contribution is -0.169. The van der Waals surface area contributed by atoms with Crippen molar-refractivity contribution in [3.05, 3.63) is 0 Å². The summed E-state index contributed by atoms with van der Waals surface area (Å²) in [5, 5.41) is 0. The summed E-state index contributed by atoms with van der Waals surface area (Å²) in [6.07, 6.45) is -0.714. The highest BCUT2D eigenvalue weighted by Crippen LogP contribution is 2.15. The number of carbonyl (C=O) groups excluding carboxylic acids is 2. The number of rotatable bonds is 8. The Bertz CT molecular complexity index is 280. The summed E-state index contributed by atoms with van der Waals surface area (Å²) in [5.74, 6) is 0.129. The van der Waals surface area contributed by atoms with Crippen molar-refractivity contribution >= 4 is 12.1 Å². The SMILES string of the molecule is CCOC(=O)OC(C)OC(=O)CC(CN)CC(C)C. The van der Waals surface area contributed by atoms with Gasteiger partial charge in [-0.15, -0.1) is 0 Å². The van der Waals surface area contributed by atoms with Crippen molar-refractivity contribution in [2.45, 2.75) is 46.8 Å². The monoisotopic (exact) mass is 275 g/mol. The zero-order valence-corrected chi connectivity index (χ0v) is 12.2. The van der Waals surface area contributed by atoms with Crippen molar-refractivity contribution in [2.24, 2.45) is 17.6 Å². The van der Waals surface area contributed by atoms with E-state index in [4.69, 9.17) is 15.2 Å². The molecule has 0 fully saturated rings. The van der Waals surface area contributed by atoms with Gasteiger partial charge in [0.15, 0.2) is 0 Å². The fourth-order valence-corrected chi connectivity index (χ4v) is 1.71. The second kappa shape index (κ2) is 9.61.